The molecule has 2 heteroatoms. The zero-order valence-electron chi connectivity index (χ0n) is 14.4. The second-order valence-electron chi connectivity index (χ2n) is 7.55. The summed E-state index contributed by atoms with van der Waals surface area (Å²) in [4.78, 5) is 2.18. The Morgan fingerprint density at radius 1 is 1.14 bits per heavy atom. The lowest BCUT2D eigenvalue weighted by Crippen LogP contribution is -2.31. The highest BCUT2D eigenvalue weighted by Crippen LogP contribution is 2.42. The molecule has 0 amide bonds. The smallest absolute Gasteiger partial charge is 0.0210 e. The second kappa shape index (κ2) is 6.55. The van der Waals surface area contributed by atoms with E-state index < -0.39 is 0 Å². The number of allylic oxidation sites excluding steroid dienone is 3. The molecule has 1 N–H and O–H groups in total. The van der Waals surface area contributed by atoms with Gasteiger partial charge in [-0.05, 0) is 37.3 Å². The van der Waals surface area contributed by atoms with Gasteiger partial charge in [-0.25, -0.2) is 0 Å². The van der Waals surface area contributed by atoms with E-state index in [2.05, 4.69) is 64.2 Å². The average molecular weight is 288 g/mol. The monoisotopic (exact) mass is 288 g/mol. The Morgan fingerprint density at radius 2 is 1.67 bits per heavy atom. The van der Waals surface area contributed by atoms with Gasteiger partial charge in [-0.3, -0.25) is 0 Å². The molecule has 0 saturated carbocycles. The van der Waals surface area contributed by atoms with Crippen LogP contribution in [0.3, 0.4) is 0 Å². The van der Waals surface area contributed by atoms with Crippen molar-refractivity contribution >= 4 is 0 Å². The second-order valence-corrected chi connectivity index (χ2v) is 7.55. The van der Waals surface area contributed by atoms with Gasteiger partial charge in [-0.15, -0.1) is 0 Å². The summed E-state index contributed by atoms with van der Waals surface area (Å²) in [5.41, 5.74) is 3.67. The number of nitrogens with zero attached hydrogens (tertiary/aromatic N) is 1. The van der Waals surface area contributed by atoms with Crippen molar-refractivity contribution in [2.45, 2.75) is 53.4 Å². The highest BCUT2D eigenvalue weighted by Gasteiger charge is 2.32. The molecule has 0 aromatic heterocycles. The first-order valence-corrected chi connectivity index (χ1v) is 7.80. The molecule has 118 valence electrons. The van der Waals surface area contributed by atoms with Gasteiger partial charge >= 0.3 is 0 Å². The lowest BCUT2D eigenvalue weighted by Gasteiger charge is -2.37. The molecular formula is C19H32N2. The molecule has 2 nitrogen and oxygen atoms in total. The van der Waals surface area contributed by atoms with Gasteiger partial charge in [0.05, 0.1) is 0 Å². The summed E-state index contributed by atoms with van der Waals surface area (Å²) < 4.78 is 0. The van der Waals surface area contributed by atoms with Gasteiger partial charge in [-0.2, -0.15) is 0 Å². The summed E-state index contributed by atoms with van der Waals surface area (Å²) in [6.45, 7) is 26.4. The zero-order valence-corrected chi connectivity index (χ0v) is 14.4. The maximum absolute atomic E-state index is 4.34. The Balaban J connectivity index is 2.68. The van der Waals surface area contributed by atoms with Crippen molar-refractivity contribution in [2.24, 2.45) is 10.8 Å². The van der Waals surface area contributed by atoms with Crippen LogP contribution in [0, 0.1) is 10.8 Å². The first kappa shape index (κ1) is 17.6. The van der Waals surface area contributed by atoms with E-state index in [1.165, 1.54) is 0 Å². The summed E-state index contributed by atoms with van der Waals surface area (Å²) in [6.07, 6.45) is 6.00. The summed E-state index contributed by atoms with van der Waals surface area (Å²) in [6, 6.07) is 0. The Hall–Kier alpha value is -1.44. The number of rotatable bonds is 8. The van der Waals surface area contributed by atoms with Crippen LogP contribution in [0.25, 0.3) is 0 Å². The maximum Gasteiger partial charge on any atom is 0.0210 e. The van der Waals surface area contributed by atoms with Gasteiger partial charge in [0.15, 0.2) is 0 Å². The van der Waals surface area contributed by atoms with Crippen molar-refractivity contribution in [1.29, 1.82) is 0 Å². The molecule has 21 heavy (non-hydrogen) atoms. The Labute approximate surface area is 131 Å². The van der Waals surface area contributed by atoms with Crippen molar-refractivity contribution in [3.05, 3.63) is 49.6 Å². The van der Waals surface area contributed by atoms with Gasteiger partial charge in [0.2, 0.25) is 0 Å². The molecular weight excluding hydrogens is 256 g/mol. The SMILES string of the molecule is C=CNCC(C)(C)CCC(C)(C)C(=C)N1C(=C)CCC1=C. The molecule has 1 aliphatic rings. The van der Waals surface area contributed by atoms with E-state index in [4.69, 9.17) is 0 Å². The predicted molar refractivity (Wildman–Crippen MR) is 93.5 cm³/mol. The highest BCUT2D eigenvalue weighted by molar-refractivity contribution is 5.27. The van der Waals surface area contributed by atoms with Crippen LogP contribution in [0.2, 0.25) is 0 Å². The molecule has 0 bridgehead atoms. The molecule has 0 atom stereocenters. The van der Waals surface area contributed by atoms with Crippen molar-refractivity contribution in [3.63, 3.8) is 0 Å². The van der Waals surface area contributed by atoms with E-state index in [-0.39, 0.29) is 10.8 Å². The quantitative estimate of drug-likeness (QED) is 0.661. The number of hydrogen-bond acceptors (Lipinski definition) is 2. The minimum absolute atomic E-state index is 0.0433. The first-order chi connectivity index (χ1) is 9.60. The minimum atomic E-state index is 0.0433. The molecule has 1 saturated heterocycles. The average Bonchev–Trinajstić information content (AvgIpc) is 2.73. The summed E-state index contributed by atoms with van der Waals surface area (Å²) in [5.74, 6) is 0. The van der Waals surface area contributed by atoms with Gasteiger partial charge < -0.3 is 10.2 Å². The lowest BCUT2D eigenvalue weighted by molar-refractivity contribution is 0.242. The molecule has 1 aliphatic heterocycles. The summed E-state index contributed by atoms with van der Waals surface area (Å²) in [7, 11) is 0. The number of likely N-dealkylation sites (tertiary alicyclic amines) is 1. The van der Waals surface area contributed by atoms with Gasteiger partial charge in [0, 0.05) is 29.1 Å². The van der Waals surface area contributed by atoms with Gasteiger partial charge in [0.1, 0.15) is 0 Å². The van der Waals surface area contributed by atoms with E-state index in [0.717, 1.165) is 49.3 Å². The lowest BCUT2D eigenvalue weighted by atomic mass is 9.77. The molecule has 1 fully saturated rings. The zero-order chi connectivity index (χ0) is 16.3. The van der Waals surface area contributed by atoms with Crippen LogP contribution in [0.5, 0.6) is 0 Å². The Morgan fingerprint density at radius 3 is 2.14 bits per heavy atom. The van der Waals surface area contributed by atoms with E-state index >= 15 is 0 Å². The number of nitrogens with one attached hydrogen (secondary N) is 1. The topological polar surface area (TPSA) is 15.3 Å². The molecule has 0 unspecified atom stereocenters. The molecule has 0 aliphatic carbocycles. The summed E-state index contributed by atoms with van der Waals surface area (Å²) >= 11 is 0. The normalized spacial score (nSPS) is 16.3. The van der Waals surface area contributed by atoms with Gasteiger partial charge in [-0.1, -0.05) is 54.0 Å². The maximum atomic E-state index is 4.34. The van der Waals surface area contributed by atoms with E-state index in [1.54, 1.807) is 6.20 Å². The van der Waals surface area contributed by atoms with Crippen molar-refractivity contribution < 1.29 is 0 Å². The molecule has 0 spiro atoms. The van der Waals surface area contributed by atoms with Crippen LogP contribution < -0.4 is 5.32 Å². The van der Waals surface area contributed by atoms with Crippen LogP contribution in [0.15, 0.2) is 49.6 Å². The first-order valence-electron chi connectivity index (χ1n) is 7.80. The Kier molecular flexibility index (Phi) is 5.49. The van der Waals surface area contributed by atoms with Gasteiger partial charge in [0.25, 0.3) is 0 Å². The molecule has 1 rings (SSSR count). The molecule has 0 radical (unpaired) electrons. The largest absolute Gasteiger partial charge is 0.391 e. The standard InChI is InChI=1S/C19H32N2/c1-9-20-14-18(5,6)12-13-19(7,8)17(4)21-15(2)10-11-16(21)3/h9,20H,1-4,10-14H2,5-8H3. The third-order valence-electron chi connectivity index (χ3n) is 4.54. The fourth-order valence-corrected chi connectivity index (χ4v) is 2.65. The van der Waals surface area contributed by atoms with Crippen molar-refractivity contribution in [2.75, 3.05) is 6.54 Å². The van der Waals surface area contributed by atoms with Crippen LogP contribution in [-0.4, -0.2) is 11.4 Å². The van der Waals surface area contributed by atoms with E-state index in [9.17, 15) is 0 Å². The fourth-order valence-electron chi connectivity index (χ4n) is 2.65. The predicted octanol–water partition coefficient (Wildman–Crippen LogP) is 5.19. The van der Waals surface area contributed by atoms with Crippen molar-refractivity contribution in [3.8, 4) is 0 Å². The third-order valence-corrected chi connectivity index (χ3v) is 4.54. The van der Waals surface area contributed by atoms with Crippen molar-refractivity contribution in [1.82, 2.24) is 10.2 Å². The Bertz CT molecular complexity index is 424. The highest BCUT2D eigenvalue weighted by atomic mass is 15.2. The van der Waals surface area contributed by atoms with Crippen LogP contribution in [0.4, 0.5) is 0 Å². The van der Waals surface area contributed by atoms with Crippen LogP contribution in [-0.2, 0) is 0 Å². The molecule has 0 aromatic rings. The minimum Gasteiger partial charge on any atom is -0.391 e. The van der Waals surface area contributed by atoms with Crippen LogP contribution in [0.1, 0.15) is 53.4 Å². The number of hydrogen-bond donors (Lipinski definition) is 1. The summed E-state index contributed by atoms with van der Waals surface area (Å²) in [5, 5.41) is 3.23. The third kappa shape index (κ3) is 4.52. The van der Waals surface area contributed by atoms with Crippen LogP contribution >= 0.6 is 0 Å². The fraction of sp³-hybridized carbons (Fsp3) is 0.579. The van der Waals surface area contributed by atoms with E-state index in [0.29, 0.717) is 0 Å². The van der Waals surface area contributed by atoms with E-state index in [1.807, 2.05) is 0 Å². The molecule has 0 aromatic carbocycles. The molecule has 1 heterocycles.